The molecule has 0 aromatic heterocycles. The summed E-state index contributed by atoms with van der Waals surface area (Å²) in [5.41, 5.74) is 0.670. The lowest BCUT2D eigenvalue weighted by Gasteiger charge is -2.07. The summed E-state index contributed by atoms with van der Waals surface area (Å²) >= 11 is 8.18. The third-order valence-electron chi connectivity index (χ3n) is 1.98. The van der Waals surface area contributed by atoms with Gasteiger partial charge in [-0.2, -0.15) is 0 Å². The Hall–Kier alpha value is -0.330. The molecule has 1 aromatic rings. The molecular formula is C11H14ClIN2O. The Bertz CT molecular complexity index is 371. The minimum absolute atomic E-state index is 0.0240. The molecule has 0 atom stereocenters. The highest BCUT2D eigenvalue weighted by atomic mass is 127. The van der Waals surface area contributed by atoms with Crippen molar-refractivity contribution in [3.8, 4) is 0 Å². The van der Waals surface area contributed by atoms with E-state index in [0.717, 1.165) is 10.1 Å². The predicted octanol–water partition coefficient (Wildman–Crippen LogP) is 2.88. The quantitative estimate of drug-likeness (QED) is 0.632. The van der Waals surface area contributed by atoms with Crippen molar-refractivity contribution in [2.24, 2.45) is 0 Å². The third kappa shape index (κ3) is 4.67. The number of anilines is 1. The van der Waals surface area contributed by atoms with Crippen LogP contribution in [0.3, 0.4) is 0 Å². The summed E-state index contributed by atoms with van der Waals surface area (Å²) in [7, 11) is 0. The first kappa shape index (κ1) is 13.7. The van der Waals surface area contributed by atoms with Gasteiger partial charge in [0.25, 0.3) is 0 Å². The van der Waals surface area contributed by atoms with Crippen LogP contribution in [0.4, 0.5) is 5.69 Å². The molecule has 88 valence electrons. The highest BCUT2D eigenvalue weighted by molar-refractivity contribution is 14.1. The maximum Gasteiger partial charge on any atom is 0.225 e. The molecule has 0 fully saturated rings. The highest BCUT2D eigenvalue weighted by Crippen LogP contribution is 2.23. The van der Waals surface area contributed by atoms with Gasteiger partial charge in [-0.1, -0.05) is 18.5 Å². The normalized spacial score (nSPS) is 10.2. The second-order valence-corrected chi connectivity index (χ2v) is 4.93. The Kier molecular flexibility index (Phi) is 6.08. The SMILES string of the molecule is CCNCCC(=O)Nc1ccc(I)cc1Cl. The van der Waals surface area contributed by atoms with Gasteiger partial charge in [0.1, 0.15) is 0 Å². The summed E-state index contributed by atoms with van der Waals surface area (Å²) in [6.07, 6.45) is 0.455. The fourth-order valence-corrected chi connectivity index (χ4v) is 2.09. The zero-order valence-electron chi connectivity index (χ0n) is 9.02. The number of hydrogen-bond donors (Lipinski definition) is 2. The topological polar surface area (TPSA) is 41.1 Å². The van der Waals surface area contributed by atoms with E-state index in [0.29, 0.717) is 23.7 Å². The first-order chi connectivity index (χ1) is 7.63. The van der Waals surface area contributed by atoms with E-state index in [4.69, 9.17) is 11.6 Å². The van der Waals surface area contributed by atoms with Gasteiger partial charge >= 0.3 is 0 Å². The number of carbonyl (C=O) groups excluding carboxylic acids is 1. The Morgan fingerprint density at radius 2 is 2.25 bits per heavy atom. The van der Waals surface area contributed by atoms with Crippen molar-refractivity contribution in [1.29, 1.82) is 0 Å². The zero-order chi connectivity index (χ0) is 12.0. The summed E-state index contributed by atoms with van der Waals surface area (Å²) in [5, 5.41) is 6.45. The van der Waals surface area contributed by atoms with Gasteiger partial charge in [0.2, 0.25) is 5.91 Å². The van der Waals surface area contributed by atoms with Crippen molar-refractivity contribution in [2.75, 3.05) is 18.4 Å². The predicted molar refractivity (Wildman–Crippen MR) is 76.0 cm³/mol. The molecule has 1 amide bonds. The number of benzene rings is 1. The van der Waals surface area contributed by atoms with E-state index in [1.807, 2.05) is 25.1 Å². The van der Waals surface area contributed by atoms with E-state index in [1.165, 1.54) is 0 Å². The first-order valence-corrected chi connectivity index (χ1v) is 6.54. The summed E-state index contributed by atoms with van der Waals surface area (Å²) < 4.78 is 1.05. The number of carbonyl (C=O) groups is 1. The minimum Gasteiger partial charge on any atom is -0.325 e. The van der Waals surface area contributed by atoms with Crippen LogP contribution in [0.5, 0.6) is 0 Å². The fraction of sp³-hybridized carbons (Fsp3) is 0.364. The molecular weight excluding hydrogens is 338 g/mol. The average molecular weight is 353 g/mol. The van der Waals surface area contributed by atoms with Gasteiger partial charge < -0.3 is 10.6 Å². The molecule has 3 nitrogen and oxygen atoms in total. The Morgan fingerprint density at radius 1 is 1.50 bits per heavy atom. The summed E-state index contributed by atoms with van der Waals surface area (Å²) in [5.74, 6) is -0.0240. The van der Waals surface area contributed by atoms with Crippen molar-refractivity contribution < 1.29 is 4.79 Å². The Labute approximate surface area is 114 Å². The zero-order valence-corrected chi connectivity index (χ0v) is 11.9. The molecule has 0 bridgehead atoms. The van der Waals surface area contributed by atoms with E-state index in [9.17, 15) is 4.79 Å². The fourth-order valence-electron chi connectivity index (χ4n) is 1.18. The first-order valence-electron chi connectivity index (χ1n) is 5.09. The van der Waals surface area contributed by atoms with Crippen molar-refractivity contribution in [2.45, 2.75) is 13.3 Å². The van der Waals surface area contributed by atoms with Crippen LogP contribution in [0.15, 0.2) is 18.2 Å². The van der Waals surface area contributed by atoms with E-state index < -0.39 is 0 Å². The number of rotatable bonds is 5. The second kappa shape index (κ2) is 7.09. The van der Waals surface area contributed by atoms with Crippen LogP contribution in [0.2, 0.25) is 5.02 Å². The smallest absolute Gasteiger partial charge is 0.225 e. The molecule has 0 aliphatic heterocycles. The highest BCUT2D eigenvalue weighted by Gasteiger charge is 2.05. The van der Waals surface area contributed by atoms with Crippen molar-refractivity contribution in [3.63, 3.8) is 0 Å². The lowest BCUT2D eigenvalue weighted by Crippen LogP contribution is -2.21. The second-order valence-electron chi connectivity index (χ2n) is 3.28. The van der Waals surface area contributed by atoms with Crippen LogP contribution in [-0.4, -0.2) is 19.0 Å². The van der Waals surface area contributed by atoms with Crippen LogP contribution in [0.25, 0.3) is 0 Å². The molecule has 0 aliphatic carbocycles. The number of halogens is 2. The van der Waals surface area contributed by atoms with Crippen molar-refractivity contribution in [3.05, 3.63) is 26.8 Å². The van der Waals surface area contributed by atoms with E-state index >= 15 is 0 Å². The summed E-state index contributed by atoms with van der Waals surface area (Å²) in [6, 6.07) is 5.55. The van der Waals surface area contributed by atoms with Gasteiger partial charge in [0.15, 0.2) is 0 Å². The van der Waals surface area contributed by atoms with Crippen LogP contribution in [-0.2, 0) is 4.79 Å². The van der Waals surface area contributed by atoms with Crippen LogP contribution < -0.4 is 10.6 Å². The van der Waals surface area contributed by atoms with Crippen LogP contribution >= 0.6 is 34.2 Å². The maximum atomic E-state index is 11.5. The molecule has 16 heavy (non-hydrogen) atoms. The van der Waals surface area contributed by atoms with Gasteiger partial charge in [0, 0.05) is 16.5 Å². The third-order valence-corrected chi connectivity index (χ3v) is 2.97. The molecule has 0 saturated heterocycles. The van der Waals surface area contributed by atoms with Crippen LogP contribution in [0.1, 0.15) is 13.3 Å². The molecule has 5 heteroatoms. The molecule has 1 rings (SSSR count). The van der Waals surface area contributed by atoms with Crippen molar-refractivity contribution in [1.82, 2.24) is 5.32 Å². The molecule has 2 N–H and O–H groups in total. The minimum atomic E-state index is -0.0240. The Morgan fingerprint density at radius 3 is 2.88 bits per heavy atom. The van der Waals surface area contributed by atoms with E-state index in [2.05, 4.69) is 33.2 Å². The molecule has 0 spiro atoms. The number of amides is 1. The monoisotopic (exact) mass is 352 g/mol. The molecule has 0 saturated carbocycles. The van der Waals surface area contributed by atoms with Gasteiger partial charge in [-0.15, -0.1) is 0 Å². The van der Waals surface area contributed by atoms with Gasteiger partial charge in [0.05, 0.1) is 10.7 Å². The maximum absolute atomic E-state index is 11.5. The van der Waals surface area contributed by atoms with Gasteiger partial charge in [-0.25, -0.2) is 0 Å². The summed E-state index contributed by atoms with van der Waals surface area (Å²) in [4.78, 5) is 11.5. The molecule has 1 aromatic carbocycles. The van der Waals surface area contributed by atoms with Crippen LogP contribution in [0, 0.1) is 3.57 Å². The van der Waals surface area contributed by atoms with E-state index in [-0.39, 0.29) is 5.91 Å². The lowest BCUT2D eigenvalue weighted by atomic mass is 10.3. The molecule has 0 unspecified atom stereocenters. The van der Waals surface area contributed by atoms with E-state index in [1.54, 1.807) is 0 Å². The lowest BCUT2D eigenvalue weighted by molar-refractivity contribution is -0.116. The average Bonchev–Trinajstić information content (AvgIpc) is 2.23. The Balaban J connectivity index is 2.49. The van der Waals surface area contributed by atoms with Crippen molar-refractivity contribution >= 4 is 45.8 Å². The molecule has 0 radical (unpaired) electrons. The molecule has 0 heterocycles. The standard InChI is InChI=1S/C11H14ClIN2O/c1-2-14-6-5-11(16)15-10-4-3-8(13)7-9(10)12/h3-4,7,14H,2,5-6H2,1H3,(H,15,16). The van der Waals surface area contributed by atoms with Gasteiger partial charge in [-0.3, -0.25) is 4.79 Å². The number of nitrogens with one attached hydrogen (secondary N) is 2. The molecule has 0 aliphatic rings. The van der Waals surface area contributed by atoms with Gasteiger partial charge in [-0.05, 0) is 47.3 Å². The largest absolute Gasteiger partial charge is 0.325 e. The number of hydrogen-bond acceptors (Lipinski definition) is 2. The summed E-state index contributed by atoms with van der Waals surface area (Å²) in [6.45, 7) is 3.57.